The molecule has 0 saturated heterocycles. The van der Waals surface area contributed by atoms with Crippen LogP contribution in [-0.4, -0.2) is 27.0 Å². The molecule has 0 fully saturated rings. The monoisotopic (exact) mass is 436 g/mol. The van der Waals surface area contributed by atoms with Gasteiger partial charge in [-0.05, 0) is 0 Å². The predicted molar refractivity (Wildman–Crippen MR) is 75.0 cm³/mol. The van der Waals surface area contributed by atoms with E-state index in [-0.39, 0.29) is 3.57 Å². The van der Waals surface area contributed by atoms with Crippen LogP contribution in [0.25, 0.3) is 0 Å². The SMILES string of the molecule is COC(=O)C#CI(OS(=O)(=O)C(F)(F)F)c1ccccc1. The zero-order chi connectivity index (χ0) is 16.1. The third kappa shape index (κ3) is 5.18. The van der Waals surface area contributed by atoms with Gasteiger partial charge < -0.3 is 0 Å². The van der Waals surface area contributed by atoms with Crippen molar-refractivity contribution in [1.82, 2.24) is 0 Å². The minimum atomic E-state index is -5.78. The summed E-state index contributed by atoms with van der Waals surface area (Å²) in [6.45, 7) is 0. The molecule has 0 radical (unpaired) electrons. The fourth-order valence-corrected chi connectivity index (χ4v) is 6.00. The van der Waals surface area contributed by atoms with Crippen LogP contribution in [0.15, 0.2) is 30.3 Å². The first kappa shape index (κ1) is 17.7. The minimum absolute atomic E-state index is 0.200. The van der Waals surface area contributed by atoms with Crippen molar-refractivity contribution in [3.05, 3.63) is 33.9 Å². The first-order chi connectivity index (χ1) is 9.67. The molecule has 0 saturated carbocycles. The number of carbonyl (C=O) groups is 1. The number of rotatable bonds is 3. The van der Waals surface area contributed by atoms with E-state index >= 15 is 0 Å². The van der Waals surface area contributed by atoms with Gasteiger partial charge in [0.1, 0.15) is 0 Å². The molecule has 0 heterocycles. The molecule has 0 aromatic heterocycles. The first-order valence-electron chi connectivity index (χ1n) is 5.03. The van der Waals surface area contributed by atoms with Crippen LogP contribution in [0.1, 0.15) is 0 Å². The molecule has 1 rings (SSSR count). The van der Waals surface area contributed by atoms with E-state index in [4.69, 9.17) is 0 Å². The molecule has 0 bridgehead atoms. The van der Waals surface area contributed by atoms with E-state index in [0.717, 1.165) is 7.11 Å². The van der Waals surface area contributed by atoms with Crippen molar-refractivity contribution in [2.45, 2.75) is 5.51 Å². The number of ether oxygens (including phenoxy) is 1. The molecule has 0 aliphatic rings. The zero-order valence-corrected chi connectivity index (χ0v) is 13.3. The van der Waals surface area contributed by atoms with E-state index < -0.39 is 41.8 Å². The molecule has 0 aliphatic carbocycles. The number of hydrogen-bond donors (Lipinski definition) is 0. The molecule has 0 amide bonds. The number of halogens is 4. The average molecular weight is 436 g/mol. The van der Waals surface area contributed by atoms with Gasteiger partial charge in [0.2, 0.25) is 0 Å². The molecule has 116 valence electrons. The third-order valence-electron chi connectivity index (χ3n) is 1.78. The summed E-state index contributed by atoms with van der Waals surface area (Å²) in [5.41, 5.74) is -5.55. The number of carbonyl (C=O) groups excluding carboxylic acids is 1. The van der Waals surface area contributed by atoms with Gasteiger partial charge in [0.05, 0.1) is 0 Å². The van der Waals surface area contributed by atoms with Crippen LogP contribution in [0.5, 0.6) is 0 Å². The molecular weight excluding hydrogens is 428 g/mol. The summed E-state index contributed by atoms with van der Waals surface area (Å²) in [5, 5.41) is 0. The Balaban J connectivity index is 3.15. The number of alkyl halides is 3. The second-order valence-corrected chi connectivity index (χ2v) is 9.00. The van der Waals surface area contributed by atoms with Crippen LogP contribution in [-0.2, 0) is 22.2 Å². The Morgan fingerprint density at radius 1 is 1.24 bits per heavy atom. The maximum atomic E-state index is 12.3. The van der Waals surface area contributed by atoms with Gasteiger partial charge in [-0.1, -0.05) is 0 Å². The van der Waals surface area contributed by atoms with E-state index in [1.165, 1.54) is 24.3 Å². The summed E-state index contributed by atoms with van der Waals surface area (Å²) in [6, 6.07) is 7.32. The number of benzene rings is 1. The quantitative estimate of drug-likeness (QED) is 0.315. The summed E-state index contributed by atoms with van der Waals surface area (Å²) >= 11 is -3.56. The molecule has 0 N–H and O–H groups in total. The molecule has 0 aliphatic heterocycles. The van der Waals surface area contributed by atoms with Crippen molar-refractivity contribution < 1.29 is 33.6 Å². The normalized spacial score (nSPS) is 12.1. The van der Waals surface area contributed by atoms with Crippen LogP contribution in [0.4, 0.5) is 13.2 Å². The average Bonchev–Trinajstić information content (AvgIpc) is 2.42. The van der Waals surface area contributed by atoms with E-state index in [1.807, 2.05) is 5.92 Å². The fourth-order valence-electron chi connectivity index (χ4n) is 0.887. The standard InChI is InChI=1S/C11H8F3IO5S/c1-19-10(16)7-8-15(9-5-3-2-4-6-9)20-21(17,18)11(12,13)14/h2-6H,1H3. The van der Waals surface area contributed by atoms with E-state index in [1.54, 1.807) is 6.07 Å². The zero-order valence-electron chi connectivity index (χ0n) is 10.3. The summed E-state index contributed by atoms with van der Waals surface area (Å²) in [5.74, 6) is 0.908. The van der Waals surface area contributed by atoms with Gasteiger partial charge in [-0.3, -0.25) is 0 Å². The van der Waals surface area contributed by atoms with Gasteiger partial charge in [0.25, 0.3) is 0 Å². The molecule has 1 aromatic carbocycles. The van der Waals surface area contributed by atoms with Crippen molar-refractivity contribution in [3.63, 3.8) is 0 Å². The molecular formula is C11H8F3IO5S. The number of hydrogen-bond acceptors (Lipinski definition) is 5. The van der Waals surface area contributed by atoms with Crippen LogP contribution >= 0.6 is 20.2 Å². The fraction of sp³-hybridized carbons (Fsp3) is 0.182. The molecule has 0 atom stereocenters. The van der Waals surface area contributed by atoms with Crippen LogP contribution < -0.4 is 0 Å². The van der Waals surface area contributed by atoms with Crippen molar-refractivity contribution in [2.75, 3.05) is 7.11 Å². The van der Waals surface area contributed by atoms with Crippen molar-refractivity contribution >= 4 is 36.3 Å². The molecule has 10 heteroatoms. The number of esters is 1. The Morgan fingerprint density at radius 2 is 1.81 bits per heavy atom. The molecule has 0 unspecified atom stereocenters. The van der Waals surface area contributed by atoms with Crippen LogP contribution in [0, 0.1) is 13.4 Å². The summed E-state index contributed by atoms with van der Waals surface area (Å²) in [4.78, 5) is 10.9. The van der Waals surface area contributed by atoms with E-state index in [0.29, 0.717) is 0 Å². The summed E-state index contributed by atoms with van der Waals surface area (Å²) < 4.78 is 69.9. The van der Waals surface area contributed by atoms with Crippen molar-refractivity contribution in [3.8, 4) is 9.85 Å². The summed E-state index contributed by atoms with van der Waals surface area (Å²) in [6.07, 6.45) is 0. The van der Waals surface area contributed by atoms with Crippen LogP contribution in [0.3, 0.4) is 0 Å². The second-order valence-electron chi connectivity index (χ2n) is 3.22. The van der Waals surface area contributed by atoms with Gasteiger partial charge in [-0.25, -0.2) is 0 Å². The van der Waals surface area contributed by atoms with Gasteiger partial charge in [0.15, 0.2) is 0 Å². The van der Waals surface area contributed by atoms with Gasteiger partial charge in [0, 0.05) is 0 Å². The Morgan fingerprint density at radius 3 is 2.29 bits per heavy atom. The van der Waals surface area contributed by atoms with Gasteiger partial charge in [-0.2, -0.15) is 0 Å². The Hall–Kier alpha value is -1.32. The first-order valence-corrected chi connectivity index (χ1v) is 9.48. The molecule has 21 heavy (non-hydrogen) atoms. The second kappa shape index (κ2) is 7.10. The number of methoxy groups -OCH3 is 1. The Labute approximate surface area is 126 Å². The van der Waals surface area contributed by atoms with Gasteiger partial charge in [-0.15, -0.1) is 0 Å². The molecule has 5 nitrogen and oxygen atoms in total. The topological polar surface area (TPSA) is 69.7 Å². The Bertz CT molecular complexity index is 661. The van der Waals surface area contributed by atoms with Crippen molar-refractivity contribution in [1.29, 1.82) is 0 Å². The molecule has 0 spiro atoms. The Kier molecular flexibility index (Phi) is 5.99. The summed E-state index contributed by atoms with van der Waals surface area (Å²) in [7, 11) is -4.75. The van der Waals surface area contributed by atoms with E-state index in [9.17, 15) is 26.4 Å². The predicted octanol–water partition coefficient (Wildman–Crippen LogP) is 2.28. The van der Waals surface area contributed by atoms with E-state index in [2.05, 4.69) is 11.2 Å². The van der Waals surface area contributed by atoms with Crippen molar-refractivity contribution in [2.24, 2.45) is 0 Å². The van der Waals surface area contributed by atoms with Crippen LogP contribution in [0.2, 0.25) is 0 Å². The third-order valence-corrected chi connectivity index (χ3v) is 7.75. The maximum absolute atomic E-state index is 12.3. The van der Waals surface area contributed by atoms with Gasteiger partial charge >= 0.3 is 126 Å². The molecule has 1 aromatic rings.